The Morgan fingerprint density at radius 3 is 2.72 bits per heavy atom. The van der Waals surface area contributed by atoms with Crippen molar-refractivity contribution in [1.82, 2.24) is 0 Å². The van der Waals surface area contributed by atoms with Crippen molar-refractivity contribution in [2.45, 2.75) is 31.1 Å². The molecule has 1 aromatic rings. The summed E-state index contributed by atoms with van der Waals surface area (Å²) in [6.45, 7) is 1.02. The SMILES string of the molecule is NCCN1C(=O)C2(CCCC2)c2cccc(Cl)c21. The van der Waals surface area contributed by atoms with Gasteiger partial charge in [-0.05, 0) is 24.5 Å². The molecule has 96 valence electrons. The van der Waals surface area contributed by atoms with Gasteiger partial charge in [-0.25, -0.2) is 0 Å². The summed E-state index contributed by atoms with van der Waals surface area (Å²) < 4.78 is 0. The van der Waals surface area contributed by atoms with Crippen LogP contribution in [0.15, 0.2) is 18.2 Å². The fourth-order valence-electron chi connectivity index (χ4n) is 3.46. The summed E-state index contributed by atoms with van der Waals surface area (Å²) in [7, 11) is 0. The fraction of sp³-hybridized carbons (Fsp3) is 0.500. The van der Waals surface area contributed by atoms with Crippen LogP contribution >= 0.6 is 11.6 Å². The molecule has 0 radical (unpaired) electrons. The van der Waals surface area contributed by atoms with Crippen molar-refractivity contribution < 1.29 is 4.79 Å². The number of nitrogens with two attached hydrogens (primary N) is 1. The molecule has 2 N–H and O–H groups in total. The minimum atomic E-state index is -0.310. The zero-order valence-electron chi connectivity index (χ0n) is 10.3. The maximum absolute atomic E-state index is 12.7. The molecule has 0 atom stereocenters. The van der Waals surface area contributed by atoms with Gasteiger partial charge in [-0.1, -0.05) is 36.6 Å². The van der Waals surface area contributed by atoms with Crippen LogP contribution in [-0.4, -0.2) is 19.0 Å². The first-order chi connectivity index (χ1) is 8.70. The van der Waals surface area contributed by atoms with E-state index in [1.165, 1.54) is 0 Å². The molecule has 0 bridgehead atoms. The van der Waals surface area contributed by atoms with Gasteiger partial charge in [-0.2, -0.15) is 0 Å². The van der Waals surface area contributed by atoms with Crippen LogP contribution < -0.4 is 10.6 Å². The van der Waals surface area contributed by atoms with E-state index in [4.69, 9.17) is 17.3 Å². The molecule has 0 unspecified atom stereocenters. The van der Waals surface area contributed by atoms with Gasteiger partial charge in [-0.3, -0.25) is 4.79 Å². The molecule has 1 amide bonds. The van der Waals surface area contributed by atoms with Gasteiger partial charge in [0.15, 0.2) is 0 Å². The van der Waals surface area contributed by atoms with Gasteiger partial charge in [0, 0.05) is 13.1 Å². The molecule has 3 rings (SSSR count). The molecule has 1 aliphatic carbocycles. The fourth-order valence-corrected chi connectivity index (χ4v) is 3.73. The third kappa shape index (κ3) is 1.44. The maximum Gasteiger partial charge on any atom is 0.237 e. The quantitative estimate of drug-likeness (QED) is 0.892. The van der Waals surface area contributed by atoms with Crippen LogP contribution in [0.1, 0.15) is 31.2 Å². The largest absolute Gasteiger partial charge is 0.329 e. The lowest BCUT2D eigenvalue weighted by Crippen LogP contribution is -2.40. The summed E-state index contributed by atoms with van der Waals surface area (Å²) in [6.07, 6.45) is 4.13. The lowest BCUT2D eigenvalue weighted by atomic mass is 9.80. The number of hydrogen-bond donors (Lipinski definition) is 1. The number of para-hydroxylation sites is 1. The zero-order chi connectivity index (χ0) is 12.8. The van der Waals surface area contributed by atoms with Gasteiger partial charge in [0.05, 0.1) is 16.1 Å². The number of carbonyl (C=O) groups excluding carboxylic acids is 1. The minimum absolute atomic E-state index is 0.202. The van der Waals surface area contributed by atoms with Gasteiger partial charge in [-0.15, -0.1) is 0 Å². The van der Waals surface area contributed by atoms with E-state index in [-0.39, 0.29) is 11.3 Å². The van der Waals surface area contributed by atoms with Crippen LogP contribution in [0.4, 0.5) is 5.69 Å². The Bertz CT molecular complexity index is 495. The molecule has 1 aromatic carbocycles. The molecular weight excluding hydrogens is 248 g/mol. The first-order valence-electron chi connectivity index (χ1n) is 6.52. The molecule has 18 heavy (non-hydrogen) atoms. The monoisotopic (exact) mass is 264 g/mol. The number of anilines is 1. The summed E-state index contributed by atoms with van der Waals surface area (Å²) in [5.41, 5.74) is 7.33. The van der Waals surface area contributed by atoms with Gasteiger partial charge >= 0.3 is 0 Å². The number of halogens is 1. The summed E-state index contributed by atoms with van der Waals surface area (Å²) in [4.78, 5) is 14.5. The number of carbonyl (C=O) groups is 1. The lowest BCUT2D eigenvalue weighted by Gasteiger charge is -2.23. The number of hydrogen-bond acceptors (Lipinski definition) is 2. The second-order valence-corrected chi connectivity index (χ2v) is 5.58. The first kappa shape index (κ1) is 12.0. The van der Waals surface area contributed by atoms with Crippen LogP contribution in [0.25, 0.3) is 0 Å². The predicted octanol–water partition coefficient (Wildman–Crippen LogP) is 2.46. The van der Waals surface area contributed by atoms with Crippen molar-refractivity contribution in [3.63, 3.8) is 0 Å². The average molecular weight is 265 g/mol. The molecule has 0 saturated heterocycles. The average Bonchev–Trinajstić information content (AvgIpc) is 2.93. The van der Waals surface area contributed by atoms with Crippen molar-refractivity contribution in [2.24, 2.45) is 5.73 Å². The van der Waals surface area contributed by atoms with E-state index in [9.17, 15) is 4.79 Å². The van der Waals surface area contributed by atoms with E-state index >= 15 is 0 Å². The normalized spacial score (nSPS) is 20.8. The van der Waals surface area contributed by atoms with Gasteiger partial charge in [0.25, 0.3) is 0 Å². The number of nitrogens with zero attached hydrogens (tertiary/aromatic N) is 1. The van der Waals surface area contributed by atoms with Crippen LogP contribution in [0.2, 0.25) is 5.02 Å². The number of fused-ring (bicyclic) bond motifs is 2. The molecule has 2 aliphatic rings. The van der Waals surface area contributed by atoms with E-state index in [0.717, 1.165) is 36.9 Å². The van der Waals surface area contributed by atoms with Gasteiger partial charge in [0.1, 0.15) is 0 Å². The molecule has 1 fully saturated rings. The number of benzene rings is 1. The Morgan fingerprint density at radius 1 is 1.33 bits per heavy atom. The van der Waals surface area contributed by atoms with E-state index in [0.29, 0.717) is 18.1 Å². The number of amides is 1. The topological polar surface area (TPSA) is 46.3 Å². The Morgan fingerprint density at radius 2 is 2.06 bits per heavy atom. The van der Waals surface area contributed by atoms with Crippen LogP contribution in [0.3, 0.4) is 0 Å². The Balaban J connectivity index is 2.17. The molecule has 3 nitrogen and oxygen atoms in total. The first-order valence-corrected chi connectivity index (χ1v) is 6.89. The summed E-state index contributed by atoms with van der Waals surface area (Å²) in [6, 6.07) is 5.85. The second-order valence-electron chi connectivity index (χ2n) is 5.17. The smallest absolute Gasteiger partial charge is 0.237 e. The second kappa shape index (κ2) is 4.25. The van der Waals surface area contributed by atoms with E-state index in [2.05, 4.69) is 6.07 Å². The van der Waals surface area contributed by atoms with Gasteiger partial charge < -0.3 is 10.6 Å². The molecule has 4 heteroatoms. The van der Waals surface area contributed by atoms with Crippen LogP contribution in [0, 0.1) is 0 Å². The van der Waals surface area contributed by atoms with Crippen molar-refractivity contribution in [1.29, 1.82) is 0 Å². The summed E-state index contributed by atoms with van der Waals surface area (Å²) in [5, 5.41) is 0.665. The van der Waals surface area contributed by atoms with E-state index < -0.39 is 0 Å². The van der Waals surface area contributed by atoms with E-state index in [1.54, 1.807) is 4.90 Å². The number of rotatable bonds is 2. The standard InChI is InChI=1S/C14H17ClN2O/c15-11-5-3-4-10-12(11)17(9-8-16)13(18)14(10)6-1-2-7-14/h3-5H,1-2,6-9,16H2. The predicted molar refractivity (Wildman–Crippen MR) is 73.0 cm³/mol. The van der Waals surface area contributed by atoms with Crippen molar-refractivity contribution >= 4 is 23.2 Å². The molecular formula is C14H17ClN2O. The minimum Gasteiger partial charge on any atom is -0.329 e. The zero-order valence-corrected chi connectivity index (χ0v) is 11.0. The molecule has 1 heterocycles. The third-order valence-electron chi connectivity index (χ3n) is 4.24. The van der Waals surface area contributed by atoms with Crippen molar-refractivity contribution in [2.75, 3.05) is 18.0 Å². The maximum atomic E-state index is 12.7. The van der Waals surface area contributed by atoms with Crippen LogP contribution in [0.5, 0.6) is 0 Å². The third-order valence-corrected chi connectivity index (χ3v) is 4.54. The van der Waals surface area contributed by atoms with Crippen molar-refractivity contribution in [3.8, 4) is 0 Å². The van der Waals surface area contributed by atoms with E-state index in [1.807, 2.05) is 12.1 Å². The van der Waals surface area contributed by atoms with Crippen LogP contribution in [-0.2, 0) is 10.2 Å². The van der Waals surface area contributed by atoms with Crippen molar-refractivity contribution in [3.05, 3.63) is 28.8 Å². The highest BCUT2D eigenvalue weighted by atomic mass is 35.5. The Kier molecular flexibility index (Phi) is 2.83. The molecule has 1 aliphatic heterocycles. The summed E-state index contributed by atoms with van der Waals surface area (Å²) in [5.74, 6) is 0.202. The molecule has 1 spiro atoms. The molecule has 0 aromatic heterocycles. The highest BCUT2D eigenvalue weighted by Gasteiger charge is 2.52. The Labute approximate surface area is 112 Å². The highest BCUT2D eigenvalue weighted by molar-refractivity contribution is 6.35. The summed E-state index contributed by atoms with van der Waals surface area (Å²) >= 11 is 6.29. The molecule has 1 saturated carbocycles. The highest BCUT2D eigenvalue weighted by Crippen LogP contribution is 2.53. The lowest BCUT2D eigenvalue weighted by molar-refractivity contribution is -0.123. The Hall–Kier alpha value is -1.06. The van der Waals surface area contributed by atoms with Gasteiger partial charge in [0.2, 0.25) is 5.91 Å².